The van der Waals surface area contributed by atoms with Crippen LogP contribution in [-0.2, 0) is 11.2 Å². The monoisotopic (exact) mass is 308 g/mol. The predicted octanol–water partition coefficient (Wildman–Crippen LogP) is 1.69. The first-order valence-corrected chi connectivity index (χ1v) is 6.59. The Labute approximate surface area is 130 Å². The summed E-state index contributed by atoms with van der Waals surface area (Å²) in [5.74, 6) is -0.0452. The van der Waals surface area contributed by atoms with Gasteiger partial charge in [0.05, 0.1) is 18.3 Å². The van der Waals surface area contributed by atoms with Crippen LogP contribution in [0.25, 0.3) is 5.69 Å². The van der Waals surface area contributed by atoms with Gasteiger partial charge in [-0.25, -0.2) is 4.68 Å². The molecular weight excluding hydrogens is 288 g/mol. The van der Waals surface area contributed by atoms with Crippen LogP contribution in [0.2, 0.25) is 0 Å². The molecule has 1 aromatic heterocycles. The standard InChI is InChI=1S/C15H20N4O.ClH/c1-15(2,16)11-17-14(20)8-12-9-18-19(10-12)13-6-4-3-5-7-13;/h3-7,9-10H,8,11,16H2,1-2H3,(H,17,20);1H. The van der Waals surface area contributed by atoms with Crippen molar-refractivity contribution in [1.82, 2.24) is 15.1 Å². The third-order valence-electron chi connectivity index (χ3n) is 2.76. The largest absolute Gasteiger partial charge is 0.354 e. The Balaban J connectivity index is 0.00000220. The quantitative estimate of drug-likeness (QED) is 0.883. The molecule has 0 bridgehead atoms. The van der Waals surface area contributed by atoms with Gasteiger partial charge >= 0.3 is 0 Å². The molecule has 0 aliphatic heterocycles. The number of halogens is 1. The van der Waals surface area contributed by atoms with Crippen molar-refractivity contribution >= 4 is 18.3 Å². The van der Waals surface area contributed by atoms with E-state index in [-0.39, 0.29) is 18.3 Å². The van der Waals surface area contributed by atoms with Crippen LogP contribution in [0.3, 0.4) is 0 Å². The summed E-state index contributed by atoms with van der Waals surface area (Å²) in [4.78, 5) is 11.8. The van der Waals surface area contributed by atoms with Crippen molar-refractivity contribution in [2.24, 2.45) is 5.73 Å². The van der Waals surface area contributed by atoms with Gasteiger partial charge < -0.3 is 11.1 Å². The lowest BCUT2D eigenvalue weighted by Gasteiger charge is -2.18. The molecular formula is C15H21ClN4O. The Morgan fingerprint density at radius 1 is 1.33 bits per heavy atom. The van der Waals surface area contributed by atoms with E-state index in [2.05, 4.69) is 10.4 Å². The maximum Gasteiger partial charge on any atom is 0.224 e. The van der Waals surface area contributed by atoms with Gasteiger partial charge in [-0.3, -0.25) is 4.79 Å². The van der Waals surface area contributed by atoms with E-state index in [1.54, 1.807) is 10.9 Å². The molecule has 2 aromatic rings. The van der Waals surface area contributed by atoms with Gasteiger partial charge in [-0.2, -0.15) is 5.10 Å². The second-order valence-corrected chi connectivity index (χ2v) is 5.57. The molecule has 21 heavy (non-hydrogen) atoms. The summed E-state index contributed by atoms with van der Waals surface area (Å²) in [6, 6.07) is 9.79. The summed E-state index contributed by atoms with van der Waals surface area (Å²) < 4.78 is 1.76. The Hall–Kier alpha value is -1.85. The van der Waals surface area contributed by atoms with Crippen molar-refractivity contribution < 1.29 is 4.79 Å². The van der Waals surface area contributed by atoms with Crippen LogP contribution in [-0.4, -0.2) is 27.8 Å². The lowest BCUT2D eigenvalue weighted by molar-refractivity contribution is -0.120. The molecule has 2 rings (SSSR count). The summed E-state index contributed by atoms with van der Waals surface area (Å²) in [5.41, 5.74) is 7.28. The lowest BCUT2D eigenvalue weighted by atomic mass is 10.1. The number of hydrogen-bond donors (Lipinski definition) is 2. The highest BCUT2D eigenvalue weighted by atomic mass is 35.5. The first-order valence-electron chi connectivity index (χ1n) is 6.59. The summed E-state index contributed by atoms with van der Waals surface area (Å²) in [7, 11) is 0. The molecule has 1 aromatic carbocycles. The van der Waals surface area contributed by atoms with Gasteiger partial charge in [0.25, 0.3) is 0 Å². The zero-order valence-electron chi connectivity index (χ0n) is 12.2. The number of para-hydroxylation sites is 1. The second-order valence-electron chi connectivity index (χ2n) is 5.57. The molecule has 0 aliphatic rings. The zero-order valence-corrected chi connectivity index (χ0v) is 13.1. The molecule has 0 saturated heterocycles. The number of nitrogens with two attached hydrogens (primary N) is 1. The van der Waals surface area contributed by atoms with Crippen molar-refractivity contribution in [2.45, 2.75) is 25.8 Å². The lowest BCUT2D eigenvalue weighted by Crippen LogP contribution is -2.45. The van der Waals surface area contributed by atoms with E-state index >= 15 is 0 Å². The normalized spacial score (nSPS) is 10.8. The number of rotatable bonds is 5. The topological polar surface area (TPSA) is 72.9 Å². The van der Waals surface area contributed by atoms with Gasteiger partial charge in [-0.15, -0.1) is 12.4 Å². The summed E-state index contributed by atoms with van der Waals surface area (Å²) >= 11 is 0. The van der Waals surface area contributed by atoms with E-state index in [0.29, 0.717) is 13.0 Å². The fourth-order valence-electron chi connectivity index (χ4n) is 1.75. The number of amides is 1. The number of carbonyl (C=O) groups is 1. The molecule has 0 aliphatic carbocycles. The summed E-state index contributed by atoms with van der Waals surface area (Å²) in [6.07, 6.45) is 3.88. The van der Waals surface area contributed by atoms with E-state index in [0.717, 1.165) is 11.3 Å². The highest BCUT2D eigenvalue weighted by Gasteiger charge is 2.13. The summed E-state index contributed by atoms with van der Waals surface area (Å²) in [5, 5.41) is 7.08. The van der Waals surface area contributed by atoms with Gasteiger partial charge in [-0.1, -0.05) is 18.2 Å². The average Bonchev–Trinajstić information content (AvgIpc) is 2.85. The molecule has 114 valence electrons. The second kappa shape index (κ2) is 7.24. The maximum absolute atomic E-state index is 11.8. The zero-order chi connectivity index (χ0) is 14.6. The van der Waals surface area contributed by atoms with Crippen LogP contribution in [0.15, 0.2) is 42.7 Å². The molecule has 1 amide bonds. The third-order valence-corrected chi connectivity index (χ3v) is 2.76. The van der Waals surface area contributed by atoms with Crippen molar-refractivity contribution in [1.29, 1.82) is 0 Å². The maximum atomic E-state index is 11.8. The highest BCUT2D eigenvalue weighted by molar-refractivity contribution is 5.85. The Bertz CT molecular complexity index is 575. The molecule has 0 saturated carbocycles. The Morgan fingerprint density at radius 3 is 2.62 bits per heavy atom. The van der Waals surface area contributed by atoms with Crippen LogP contribution in [0, 0.1) is 0 Å². The van der Waals surface area contributed by atoms with Crippen molar-refractivity contribution in [3.05, 3.63) is 48.3 Å². The predicted molar refractivity (Wildman–Crippen MR) is 85.8 cm³/mol. The van der Waals surface area contributed by atoms with Gasteiger partial charge in [0.2, 0.25) is 5.91 Å². The van der Waals surface area contributed by atoms with E-state index in [9.17, 15) is 4.79 Å². The molecule has 6 heteroatoms. The molecule has 0 fully saturated rings. The van der Waals surface area contributed by atoms with Gasteiger partial charge in [0.15, 0.2) is 0 Å². The molecule has 0 atom stereocenters. The molecule has 0 spiro atoms. The number of aromatic nitrogens is 2. The van der Waals surface area contributed by atoms with E-state index in [4.69, 9.17) is 5.73 Å². The minimum Gasteiger partial charge on any atom is -0.354 e. The molecule has 5 nitrogen and oxygen atoms in total. The smallest absolute Gasteiger partial charge is 0.224 e. The van der Waals surface area contributed by atoms with Gasteiger partial charge in [-0.05, 0) is 31.5 Å². The van der Waals surface area contributed by atoms with E-state index in [1.807, 2.05) is 50.4 Å². The fraction of sp³-hybridized carbons (Fsp3) is 0.333. The van der Waals surface area contributed by atoms with Gasteiger partial charge in [0.1, 0.15) is 0 Å². The fourth-order valence-corrected chi connectivity index (χ4v) is 1.75. The third kappa shape index (κ3) is 5.57. The average molecular weight is 309 g/mol. The number of carbonyl (C=O) groups excluding carboxylic acids is 1. The van der Waals surface area contributed by atoms with E-state index in [1.165, 1.54) is 0 Å². The van der Waals surface area contributed by atoms with Crippen molar-refractivity contribution in [2.75, 3.05) is 6.54 Å². The highest BCUT2D eigenvalue weighted by Crippen LogP contribution is 2.08. The molecule has 3 N–H and O–H groups in total. The van der Waals surface area contributed by atoms with Crippen LogP contribution < -0.4 is 11.1 Å². The number of nitrogens with one attached hydrogen (secondary N) is 1. The van der Waals surface area contributed by atoms with Crippen LogP contribution in [0.1, 0.15) is 19.4 Å². The SMILES string of the molecule is CC(C)(N)CNC(=O)Cc1cnn(-c2ccccc2)c1.Cl. The first-order chi connectivity index (χ1) is 9.44. The minimum atomic E-state index is -0.399. The van der Waals surface area contributed by atoms with Gasteiger partial charge in [0, 0.05) is 18.3 Å². The minimum absolute atomic E-state index is 0. The summed E-state index contributed by atoms with van der Waals surface area (Å²) in [6.45, 7) is 4.21. The molecule has 0 unspecified atom stereocenters. The van der Waals surface area contributed by atoms with Crippen LogP contribution in [0.5, 0.6) is 0 Å². The number of benzene rings is 1. The Kier molecular flexibility index (Phi) is 5.93. The number of hydrogen-bond acceptors (Lipinski definition) is 3. The molecule has 1 heterocycles. The molecule has 0 radical (unpaired) electrons. The van der Waals surface area contributed by atoms with Crippen LogP contribution >= 0.6 is 12.4 Å². The van der Waals surface area contributed by atoms with Crippen molar-refractivity contribution in [3.8, 4) is 5.69 Å². The van der Waals surface area contributed by atoms with E-state index < -0.39 is 5.54 Å². The van der Waals surface area contributed by atoms with Crippen molar-refractivity contribution in [3.63, 3.8) is 0 Å². The first kappa shape index (κ1) is 17.2. The Morgan fingerprint density at radius 2 is 2.00 bits per heavy atom. The number of nitrogens with zero attached hydrogens (tertiary/aromatic N) is 2. The van der Waals surface area contributed by atoms with Crippen LogP contribution in [0.4, 0.5) is 0 Å².